The van der Waals surface area contributed by atoms with Crippen LogP contribution in [-0.2, 0) is 13.5 Å². The number of hydrogen-bond donors (Lipinski definition) is 1. The van der Waals surface area contributed by atoms with Crippen LogP contribution in [0.15, 0.2) is 12.3 Å². The lowest BCUT2D eigenvalue weighted by Gasteiger charge is -2.24. The highest BCUT2D eigenvalue weighted by molar-refractivity contribution is 5.01. The molecule has 1 aromatic rings. The number of hydrogen-bond acceptors (Lipinski definition) is 3. The van der Waals surface area contributed by atoms with Gasteiger partial charge in [-0.2, -0.15) is 5.10 Å². The molecule has 0 radical (unpaired) electrons. The molecule has 2 saturated heterocycles. The first-order valence-electron chi connectivity index (χ1n) is 6.75. The molecule has 0 spiro atoms. The molecule has 94 valence electrons. The van der Waals surface area contributed by atoms with E-state index < -0.39 is 0 Å². The molecule has 0 aromatic carbocycles. The molecule has 0 amide bonds. The summed E-state index contributed by atoms with van der Waals surface area (Å²) in [5.41, 5.74) is 1.34. The van der Waals surface area contributed by atoms with Crippen molar-refractivity contribution < 1.29 is 0 Å². The maximum atomic E-state index is 4.22. The van der Waals surface area contributed by atoms with Crippen LogP contribution < -0.4 is 5.32 Å². The lowest BCUT2D eigenvalue weighted by molar-refractivity contribution is 0.320. The molecular weight excluding hydrogens is 212 g/mol. The fraction of sp³-hybridized carbons (Fsp3) is 0.769. The quantitative estimate of drug-likeness (QED) is 0.833. The van der Waals surface area contributed by atoms with Gasteiger partial charge in [0.15, 0.2) is 0 Å². The lowest BCUT2D eigenvalue weighted by atomic mass is 9.94. The smallest absolute Gasteiger partial charge is 0.0492 e. The Morgan fingerprint density at radius 1 is 1.47 bits per heavy atom. The van der Waals surface area contributed by atoms with E-state index in [0.29, 0.717) is 0 Å². The number of nitrogens with zero attached hydrogens (tertiary/aromatic N) is 3. The van der Waals surface area contributed by atoms with Crippen molar-refractivity contribution >= 4 is 0 Å². The van der Waals surface area contributed by atoms with Crippen LogP contribution in [0.3, 0.4) is 0 Å². The maximum Gasteiger partial charge on any atom is 0.0492 e. The van der Waals surface area contributed by atoms with Crippen LogP contribution in [-0.4, -0.2) is 46.9 Å². The third kappa shape index (κ3) is 2.38. The van der Waals surface area contributed by atoms with Crippen molar-refractivity contribution in [2.24, 2.45) is 13.0 Å². The van der Waals surface area contributed by atoms with Crippen molar-refractivity contribution in [1.82, 2.24) is 20.0 Å². The predicted molar refractivity (Wildman–Crippen MR) is 67.9 cm³/mol. The zero-order valence-electron chi connectivity index (χ0n) is 10.6. The van der Waals surface area contributed by atoms with Crippen molar-refractivity contribution in [3.63, 3.8) is 0 Å². The fourth-order valence-corrected chi connectivity index (χ4v) is 3.24. The minimum atomic E-state index is 0.760. The number of piperidine rings is 1. The van der Waals surface area contributed by atoms with E-state index in [2.05, 4.69) is 21.4 Å². The van der Waals surface area contributed by atoms with E-state index in [0.717, 1.165) is 18.4 Å². The van der Waals surface area contributed by atoms with Gasteiger partial charge in [-0.05, 0) is 31.4 Å². The number of aryl methyl sites for hydroxylation is 1. The van der Waals surface area contributed by atoms with Gasteiger partial charge in [-0.3, -0.25) is 4.68 Å². The standard InChI is InChI=1S/C13H22N4/c1-16-12(4-7-15-16)5-8-17-9-11-3-2-6-14-13(11)10-17/h4,7,11,13-14H,2-3,5-6,8-10H2,1H3/t11-,13+/m0/s1. The molecule has 0 bridgehead atoms. The van der Waals surface area contributed by atoms with Gasteiger partial charge in [0.2, 0.25) is 0 Å². The fourth-order valence-electron chi connectivity index (χ4n) is 3.24. The Morgan fingerprint density at radius 3 is 3.18 bits per heavy atom. The summed E-state index contributed by atoms with van der Waals surface area (Å²) in [6.45, 7) is 4.92. The van der Waals surface area contributed by atoms with Crippen molar-refractivity contribution in [3.05, 3.63) is 18.0 Å². The summed E-state index contributed by atoms with van der Waals surface area (Å²) in [5.74, 6) is 0.898. The van der Waals surface area contributed by atoms with Gasteiger partial charge in [-0.1, -0.05) is 0 Å². The minimum absolute atomic E-state index is 0.760. The monoisotopic (exact) mass is 234 g/mol. The highest BCUT2D eigenvalue weighted by atomic mass is 15.3. The van der Waals surface area contributed by atoms with Gasteiger partial charge in [-0.25, -0.2) is 0 Å². The second-order valence-electron chi connectivity index (χ2n) is 5.42. The third-order valence-electron chi connectivity index (χ3n) is 4.28. The first kappa shape index (κ1) is 11.2. The summed E-state index contributed by atoms with van der Waals surface area (Å²) >= 11 is 0. The highest BCUT2D eigenvalue weighted by Crippen LogP contribution is 2.24. The van der Waals surface area contributed by atoms with E-state index in [1.165, 1.54) is 44.7 Å². The maximum absolute atomic E-state index is 4.22. The van der Waals surface area contributed by atoms with Crippen LogP contribution in [0.1, 0.15) is 18.5 Å². The summed E-state index contributed by atoms with van der Waals surface area (Å²) in [5, 5.41) is 7.88. The molecule has 4 heteroatoms. The molecule has 3 heterocycles. The van der Waals surface area contributed by atoms with Crippen molar-refractivity contribution in [1.29, 1.82) is 0 Å². The van der Waals surface area contributed by atoms with Gasteiger partial charge in [0.05, 0.1) is 0 Å². The van der Waals surface area contributed by atoms with Gasteiger partial charge >= 0.3 is 0 Å². The van der Waals surface area contributed by atoms with E-state index >= 15 is 0 Å². The second-order valence-corrected chi connectivity index (χ2v) is 5.42. The van der Waals surface area contributed by atoms with Gasteiger partial charge in [0.1, 0.15) is 0 Å². The summed E-state index contributed by atoms with van der Waals surface area (Å²) in [6.07, 6.45) is 5.78. The van der Waals surface area contributed by atoms with E-state index in [-0.39, 0.29) is 0 Å². The SMILES string of the molecule is Cn1nccc1CCN1C[C@@H]2CCCN[C@@H]2C1. The summed E-state index contributed by atoms with van der Waals surface area (Å²) in [7, 11) is 2.03. The molecule has 2 atom stereocenters. The number of likely N-dealkylation sites (tertiary alicyclic amines) is 1. The van der Waals surface area contributed by atoms with Gasteiger partial charge in [-0.15, -0.1) is 0 Å². The van der Waals surface area contributed by atoms with E-state index in [9.17, 15) is 0 Å². The zero-order valence-corrected chi connectivity index (χ0v) is 10.6. The predicted octanol–water partition coefficient (Wildman–Crippen LogP) is 0.646. The van der Waals surface area contributed by atoms with E-state index in [1.54, 1.807) is 0 Å². The molecule has 0 saturated carbocycles. The highest BCUT2D eigenvalue weighted by Gasteiger charge is 2.33. The number of aromatic nitrogens is 2. The molecule has 4 nitrogen and oxygen atoms in total. The largest absolute Gasteiger partial charge is 0.312 e. The lowest BCUT2D eigenvalue weighted by Crippen LogP contribution is -2.40. The first-order chi connectivity index (χ1) is 8.33. The molecular formula is C13H22N4. The molecule has 2 aliphatic rings. The van der Waals surface area contributed by atoms with Crippen molar-refractivity contribution in [2.45, 2.75) is 25.3 Å². The Bertz CT molecular complexity index is 359. The van der Waals surface area contributed by atoms with Crippen molar-refractivity contribution in [2.75, 3.05) is 26.2 Å². The van der Waals surface area contributed by atoms with Crippen LogP contribution in [0.4, 0.5) is 0 Å². The molecule has 0 aliphatic carbocycles. The molecule has 3 rings (SSSR count). The summed E-state index contributed by atoms with van der Waals surface area (Å²) in [4.78, 5) is 2.61. The Morgan fingerprint density at radius 2 is 2.41 bits per heavy atom. The van der Waals surface area contributed by atoms with Crippen LogP contribution >= 0.6 is 0 Å². The number of nitrogens with one attached hydrogen (secondary N) is 1. The number of fused-ring (bicyclic) bond motifs is 1. The minimum Gasteiger partial charge on any atom is -0.312 e. The Labute approximate surface area is 103 Å². The van der Waals surface area contributed by atoms with E-state index in [1.807, 2.05) is 17.9 Å². The van der Waals surface area contributed by atoms with Gasteiger partial charge < -0.3 is 10.2 Å². The molecule has 1 N–H and O–H groups in total. The van der Waals surface area contributed by atoms with Crippen LogP contribution in [0.5, 0.6) is 0 Å². The van der Waals surface area contributed by atoms with E-state index in [4.69, 9.17) is 0 Å². The molecule has 2 aliphatic heterocycles. The van der Waals surface area contributed by atoms with Gasteiger partial charge in [0, 0.05) is 51.0 Å². The summed E-state index contributed by atoms with van der Waals surface area (Å²) < 4.78 is 1.99. The topological polar surface area (TPSA) is 33.1 Å². The molecule has 0 unspecified atom stereocenters. The average Bonchev–Trinajstić information content (AvgIpc) is 2.92. The number of rotatable bonds is 3. The average molecular weight is 234 g/mol. The first-order valence-corrected chi connectivity index (χ1v) is 6.75. The van der Waals surface area contributed by atoms with Crippen LogP contribution in [0.25, 0.3) is 0 Å². The van der Waals surface area contributed by atoms with Gasteiger partial charge in [0.25, 0.3) is 0 Å². The molecule has 2 fully saturated rings. The Balaban J connectivity index is 1.52. The zero-order chi connectivity index (χ0) is 11.7. The molecule has 1 aromatic heterocycles. The normalized spacial score (nSPS) is 29.5. The Kier molecular flexibility index (Phi) is 3.16. The van der Waals surface area contributed by atoms with Crippen molar-refractivity contribution in [3.8, 4) is 0 Å². The summed E-state index contributed by atoms with van der Waals surface area (Å²) in [6, 6.07) is 2.89. The second kappa shape index (κ2) is 4.78. The molecule has 17 heavy (non-hydrogen) atoms. The Hall–Kier alpha value is -0.870. The third-order valence-corrected chi connectivity index (χ3v) is 4.28. The van der Waals surface area contributed by atoms with Crippen LogP contribution in [0.2, 0.25) is 0 Å². The van der Waals surface area contributed by atoms with Crippen LogP contribution in [0, 0.1) is 5.92 Å².